The van der Waals surface area contributed by atoms with Crippen molar-refractivity contribution < 1.29 is 19.1 Å². The molecule has 0 unspecified atom stereocenters. The van der Waals surface area contributed by atoms with Crippen LogP contribution in [0.15, 0.2) is 54.1 Å². The Morgan fingerprint density at radius 3 is 2.76 bits per heavy atom. The smallest absolute Gasteiger partial charge is 0.355 e. The van der Waals surface area contributed by atoms with E-state index in [2.05, 4.69) is 16.9 Å². The first-order chi connectivity index (χ1) is 12.0. The molecule has 1 aromatic carbocycles. The molecule has 0 saturated heterocycles. The number of esters is 1. The van der Waals surface area contributed by atoms with Crippen LogP contribution in [0, 0.1) is 0 Å². The van der Waals surface area contributed by atoms with Crippen molar-refractivity contribution in [2.45, 2.75) is 11.8 Å². The lowest BCUT2D eigenvalue weighted by Gasteiger charge is -2.10. The summed E-state index contributed by atoms with van der Waals surface area (Å²) < 4.78 is 4.96. The van der Waals surface area contributed by atoms with Crippen LogP contribution in [0.2, 0.25) is 0 Å². The van der Waals surface area contributed by atoms with Gasteiger partial charge in [-0.25, -0.2) is 4.79 Å². The van der Waals surface area contributed by atoms with E-state index in [-0.39, 0.29) is 11.5 Å². The number of benzene rings is 1. The van der Waals surface area contributed by atoms with Crippen LogP contribution in [-0.2, 0) is 9.53 Å². The van der Waals surface area contributed by atoms with Gasteiger partial charge in [-0.1, -0.05) is 18.2 Å². The number of ketones is 1. The molecule has 0 aliphatic rings. The van der Waals surface area contributed by atoms with Crippen LogP contribution in [0.25, 0.3) is 0 Å². The van der Waals surface area contributed by atoms with E-state index in [1.165, 1.54) is 30.9 Å². The first-order valence-corrected chi connectivity index (χ1v) is 8.49. The first-order valence-electron chi connectivity index (χ1n) is 7.50. The lowest BCUT2D eigenvalue weighted by molar-refractivity contribution is -0.119. The fourth-order valence-electron chi connectivity index (χ4n) is 1.96. The average Bonchev–Trinajstić information content (AvgIpc) is 3.09. The van der Waals surface area contributed by atoms with Crippen LogP contribution in [0.4, 0.5) is 5.69 Å². The van der Waals surface area contributed by atoms with Crippen molar-refractivity contribution in [1.29, 1.82) is 0 Å². The van der Waals surface area contributed by atoms with Crippen LogP contribution >= 0.6 is 11.8 Å². The third-order valence-corrected chi connectivity index (χ3v) is 4.23. The number of Topliss-reactive ketones (excluding diaryl/α,β-unsaturated/α-hetero) is 1. The number of aromatic amines is 1. The summed E-state index contributed by atoms with van der Waals surface area (Å²) in [5, 5.41) is 2.71. The Kier molecular flexibility index (Phi) is 6.59. The molecule has 130 valence electrons. The molecule has 0 bridgehead atoms. The Labute approximate surface area is 149 Å². The molecule has 0 saturated carbocycles. The fourth-order valence-corrected chi connectivity index (χ4v) is 2.70. The van der Waals surface area contributed by atoms with Crippen molar-refractivity contribution in [2.75, 3.05) is 17.7 Å². The molecule has 25 heavy (non-hydrogen) atoms. The maximum atomic E-state index is 12.0. The van der Waals surface area contributed by atoms with E-state index in [0.717, 1.165) is 4.90 Å². The van der Waals surface area contributed by atoms with E-state index >= 15 is 0 Å². The van der Waals surface area contributed by atoms with Gasteiger partial charge in [-0.3, -0.25) is 9.59 Å². The van der Waals surface area contributed by atoms with Gasteiger partial charge in [-0.15, -0.1) is 18.3 Å². The highest BCUT2D eigenvalue weighted by Crippen LogP contribution is 2.26. The molecule has 2 rings (SSSR count). The van der Waals surface area contributed by atoms with E-state index in [0.29, 0.717) is 17.0 Å². The zero-order chi connectivity index (χ0) is 18.2. The number of ether oxygens (including phenoxy) is 1. The molecule has 0 fully saturated rings. The molecule has 0 atom stereocenters. The Morgan fingerprint density at radius 1 is 1.32 bits per heavy atom. The third-order valence-electron chi connectivity index (χ3n) is 3.16. The second kappa shape index (κ2) is 8.89. The summed E-state index contributed by atoms with van der Waals surface area (Å²) >= 11 is 1.54. The summed E-state index contributed by atoms with van der Waals surface area (Å²) in [6.45, 7) is 4.64. The molecule has 7 heteroatoms. The van der Waals surface area contributed by atoms with E-state index in [1.54, 1.807) is 12.1 Å². The molecule has 0 spiro atoms. The third kappa shape index (κ3) is 5.36. The maximum Gasteiger partial charge on any atom is 0.355 e. The zero-order valence-electron chi connectivity index (χ0n) is 13.7. The van der Waals surface area contributed by atoms with Gasteiger partial charge in [-0.05, 0) is 25.1 Å². The number of rotatable bonds is 8. The van der Waals surface area contributed by atoms with Gasteiger partial charge < -0.3 is 15.0 Å². The highest BCUT2D eigenvalue weighted by molar-refractivity contribution is 7.99. The molecule has 0 aliphatic carbocycles. The predicted molar refractivity (Wildman–Crippen MR) is 97.1 cm³/mol. The highest BCUT2D eigenvalue weighted by Gasteiger charge is 2.14. The minimum Gasteiger partial charge on any atom is -0.451 e. The van der Waals surface area contributed by atoms with Gasteiger partial charge in [0.2, 0.25) is 0 Å². The number of carbonyl (C=O) groups is 3. The lowest BCUT2D eigenvalue weighted by Crippen LogP contribution is -2.21. The Balaban J connectivity index is 1.91. The predicted octanol–water partition coefficient (Wildman–Crippen LogP) is 3.29. The summed E-state index contributed by atoms with van der Waals surface area (Å²) in [4.78, 5) is 38.7. The number of anilines is 1. The molecule has 2 N–H and O–H groups in total. The molecule has 1 heterocycles. The van der Waals surface area contributed by atoms with Crippen LogP contribution in [0.1, 0.15) is 27.8 Å². The van der Waals surface area contributed by atoms with Crippen molar-refractivity contribution in [3.05, 3.63) is 60.4 Å². The van der Waals surface area contributed by atoms with Gasteiger partial charge in [0.15, 0.2) is 12.4 Å². The lowest BCUT2D eigenvalue weighted by atomic mass is 10.2. The van der Waals surface area contributed by atoms with Gasteiger partial charge in [-0.2, -0.15) is 0 Å². The summed E-state index contributed by atoms with van der Waals surface area (Å²) in [5.74, 6) is -0.593. The molecular formula is C18H18N2O4S. The monoisotopic (exact) mass is 358 g/mol. The number of hydrogen-bond acceptors (Lipinski definition) is 5. The highest BCUT2D eigenvalue weighted by atomic mass is 32.2. The Hall–Kier alpha value is -2.80. The van der Waals surface area contributed by atoms with E-state index in [9.17, 15) is 14.4 Å². The summed E-state index contributed by atoms with van der Waals surface area (Å²) in [6, 6.07) is 8.73. The first kappa shape index (κ1) is 18.5. The Bertz CT molecular complexity index is 798. The van der Waals surface area contributed by atoms with Crippen molar-refractivity contribution in [1.82, 2.24) is 4.98 Å². The second-order valence-electron chi connectivity index (χ2n) is 5.08. The number of H-pyrrole nitrogens is 1. The zero-order valence-corrected chi connectivity index (χ0v) is 14.5. The summed E-state index contributed by atoms with van der Waals surface area (Å²) in [7, 11) is 0. The van der Waals surface area contributed by atoms with Gasteiger partial charge in [0.05, 0.1) is 5.69 Å². The van der Waals surface area contributed by atoms with Crippen molar-refractivity contribution in [2.24, 2.45) is 0 Å². The van der Waals surface area contributed by atoms with Gasteiger partial charge in [0.1, 0.15) is 5.69 Å². The summed E-state index contributed by atoms with van der Waals surface area (Å²) in [6.07, 6.45) is 3.20. The number of carbonyl (C=O) groups excluding carboxylic acids is 3. The normalized spacial score (nSPS) is 10.1. The van der Waals surface area contributed by atoms with Gasteiger partial charge in [0.25, 0.3) is 5.91 Å². The standard InChI is InChI=1S/C18H18N2O4S/c1-3-8-25-16-7-5-4-6-14(16)20-17(22)11-24-18(23)15-9-13(10-19-15)12(2)21/h3-7,9-10,19H,1,8,11H2,2H3,(H,20,22). The van der Waals surface area contributed by atoms with E-state index in [1.807, 2.05) is 18.2 Å². The minimum absolute atomic E-state index is 0.125. The van der Waals surface area contributed by atoms with E-state index < -0.39 is 18.5 Å². The van der Waals surface area contributed by atoms with Crippen molar-refractivity contribution in [3.8, 4) is 0 Å². The Morgan fingerprint density at radius 2 is 2.08 bits per heavy atom. The fraction of sp³-hybridized carbons (Fsp3) is 0.167. The van der Waals surface area contributed by atoms with Crippen LogP contribution < -0.4 is 5.32 Å². The topological polar surface area (TPSA) is 88.3 Å². The number of para-hydroxylation sites is 1. The number of amides is 1. The van der Waals surface area contributed by atoms with Crippen LogP contribution in [-0.4, -0.2) is 35.0 Å². The molecule has 6 nitrogen and oxygen atoms in total. The number of hydrogen-bond donors (Lipinski definition) is 2. The molecule has 1 amide bonds. The minimum atomic E-state index is -0.697. The second-order valence-corrected chi connectivity index (χ2v) is 6.14. The van der Waals surface area contributed by atoms with E-state index in [4.69, 9.17) is 4.74 Å². The van der Waals surface area contributed by atoms with Crippen molar-refractivity contribution in [3.63, 3.8) is 0 Å². The van der Waals surface area contributed by atoms with Gasteiger partial charge >= 0.3 is 5.97 Å². The molecule has 1 aromatic heterocycles. The van der Waals surface area contributed by atoms with Crippen LogP contribution in [0.3, 0.4) is 0 Å². The number of nitrogens with one attached hydrogen (secondary N) is 2. The van der Waals surface area contributed by atoms with Gasteiger partial charge in [0, 0.05) is 22.4 Å². The maximum absolute atomic E-state index is 12.0. The van der Waals surface area contributed by atoms with Crippen LogP contribution in [0.5, 0.6) is 0 Å². The molecular weight excluding hydrogens is 340 g/mol. The average molecular weight is 358 g/mol. The molecule has 0 aliphatic heterocycles. The molecule has 2 aromatic rings. The summed E-state index contributed by atoms with van der Waals surface area (Å²) in [5.41, 5.74) is 1.15. The quantitative estimate of drug-likeness (QED) is 0.327. The SMILES string of the molecule is C=CCSc1ccccc1NC(=O)COC(=O)c1cc(C(C)=O)c[nH]1. The largest absolute Gasteiger partial charge is 0.451 e. The number of thioether (sulfide) groups is 1. The number of aromatic nitrogens is 1. The molecule has 0 radical (unpaired) electrons. The van der Waals surface area contributed by atoms with Crippen molar-refractivity contribution >= 4 is 35.1 Å².